The van der Waals surface area contributed by atoms with E-state index in [0.29, 0.717) is 25.5 Å². The van der Waals surface area contributed by atoms with Crippen LogP contribution in [0.5, 0.6) is 0 Å². The molecule has 0 saturated carbocycles. The highest BCUT2D eigenvalue weighted by Crippen LogP contribution is 2.29. The fourth-order valence-electron chi connectivity index (χ4n) is 1.80. The number of ether oxygens (including phenoxy) is 2. The predicted molar refractivity (Wildman–Crippen MR) is 76.4 cm³/mol. The molecule has 2 N–H and O–H groups in total. The highest BCUT2D eigenvalue weighted by atomic mass is 16.6. The van der Waals surface area contributed by atoms with Crippen molar-refractivity contribution >= 4 is 23.3 Å². The number of hydrogen-bond acceptors (Lipinski definition) is 8. The highest BCUT2D eigenvalue weighted by molar-refractivity contribution is 5.96. The molecule has 0 aromatic carbocycles. The number of nitrogen functional groups attached to an aromatic ring is 1. The fraction of sp³-hybridized carbons (Fsp3) is 0.500. The summed E-state index contributed by atoms with van der Waals surface area (Å²) in [4.78, 5) is 27.8. The van der Waals surface area contributed by atoms with E-state index in [1.54, 1.807) is 12.0 Å². The Balaban J connectivity index is 3.33. The van der Waals surface area contributed by atoms with Crippen LogP contribution in [-0.2, 0) is 9.47 Å². The first kappa shape index (κ1) is 16.6. The van der Waals surface area contributed by atoms with Crippen LogP contribution in [0.25, 0.3) is 0 Å². The second-order valence-electron chi connectivity index (χ2n) is 4.08. The molecule has 1 aromatic rings. The van der Waals surface area contributed by atoms with Crippen LogP contribution in [0.4, 0.5) is 17.3 Å². The van der Waals surface area contributed by atoms with Gasteiger partial charge in [-0.1, -0.05) is 0 Å². The second kappa shape index (κ2) is 7.39. The summed E-state index contributed by atoms with van der Waals surface area (Å²) in [6.07, 6.45) is 0. The van der Waals surface area contributed by atoms with E-state index in [2.05, 4.69) is 9.72 Å². The number of esters is 1. The number of rotatable bonds is 7. The van der Waals surface area contributed by atoms with Crippen molar-refractivity contribution in [1.29, 1.82) is 0 Å². The number of anilines is 2. The molecule has 9 nitrogen and oxygen atoms in total. The van der Waals surface area contributed by atoms with Crippen molar-refractivity contribution in [3.63, 3.8) is 0 Å². The summed E-state index contributed by atoms with van der Waals surface area (Å²) in [5.74, 6) is -0.799. The van der Waals surface area contributed by atoms with Gasteiger partial charge in [-0.2, -0.15) is 0 Å². The summed E-state index contributed by atoms with van der Waals surface area (Å²) >= 11 is 0. The van der Waals surface area contributed by atoms with Crippen molar-refractivity contribution < 1.29 is 19.2 Å². The first-order chi connectivity index (χ1) is 9.96. The molecule has 0 fully saturated rings. The molecule has 0 unspecified atom stereocenters. The van der Waals surface area contributed by atoms with Crippen LogP contribution < -0.4 is 10.6 Å². The summed E-state index contributed by atoms with van der Waals surface area (Å²) in [6, 6.07) is 1.31. The first-order valence-corrected chi connectivity index (χ1v) is 6.23. The van der Waals surface area contributed by atoms with E-state index >= 15 is 0 Å². The van der Waals surface area contributed by atoms with Crippen LogP contribution in [0.3, 0.4) is 0 Å². The minimum Gasteiger partial charge on any atom is -0.465 e. The van der Waals surface area contributed by atoms with Gasteiger partial charge >= 0.3 is 11.7 Å². The van der Waals surface area contributed by atoms with E-state index in [4.69, 9.17) is 10.5 Å². The molecular formula is C12H18N4O5. The second-order valence-corrected chi connectivity index (χ2v) is 4.08. The van der Waals surface area contributed by atoms with Crippen LogP contribution in [0.15, 0.2) is 6.07 Å². The number of carbonyl (C=O) groups excluding carboxylic acids is 1. The van der Waals surface area contributed by atoms with E-state index in [1.165, 1.54) is 6.07 Å². The Morgan fingerprint density at radius 1 is 1.52 bits per heavy atom. The normalized spacial score (nSPS) is 10.2. The summed E-state index contributed by atoms with van der Waals surface area (Å²) in [5, 5.41) is 11.0. The summed E-state index contributed by atoms with van der Waals surface area (Å²) in [6.45, 7) is 3.42. The van der Waals surface area contributed by atoms with Gasteiger partial charge in [-0.25, -0.2) is 9.78 Å². The number of nitrogens with two attached hydrogens (primary N) is 1. The molecule has 0 radical (unpaired) electrons. The molecule has 0 aliphatic heterocycles. The molecule has 0 aliphatic carbocycles. The first-order valence-electron chi connectivity index (χ1n) is 6.23. The average Bonchev–Trinajstić information content (AvgIpc) is 2.46. The van der Waals surface area contributed by atoms with Gasteiger partial charge in [-0.15, -0.1) is 0 Å². The monoisotopic (exact) mass is 298 g/mol. The molecule has 1 rings (SSSR count). The Labute approximate surface area is 121 Å². The molecule has 0 atom stereocenters. The molecule has 0 saturated heterocycles. The van der Waals surface area contributed by atoms with Crippen molar-refractivity contribution in [2.45, 2.75) is 6.92 Å². The van der Waals surface area contributed by atoms with Crippen molar-refractivity contribution in [3.8, 4) is 0 Å². The zero-order valence-corrected chi connectivity index (χ0v) is 12.2. The maximum absolute atomic E-state index is 11.7. The Morgan fingerprint density at radius 2 is 2.19 bits per heavy atom. The van der Waals surface area contributed by atoms with Crippen LogP contribution >= 0.6 is 0 Å². The largest absolute Gasteiger partial charge is 0.465 e. The number of carbonyl (C=O) groups is 1. The van der Waals surface area contributed by atoms with Gasteiger partial charge in [0.05, 0.1) is 18.6 Å². The Morgan fingerprint density at radius 3 is 2.67 bits per heavy atom. The van der Waals surface area contributed by atoms with Gasteiger partial charge < -0.3 is 20.1 Å². The number of hydrogen-bond donors (Lipinski definition) is 1. The third-order valence-corrected chi connectivity index (χ3v) is 2.87. The molecular weight excluding hydrogens is 280 g/mol. The van der Waals surface area contributed by atoms with E-state index < -0.39 is 16.6 Å². The van der Waals surface area contributed by atoms with E-state index in [1.807, 2.05) is 6.92 Å². The maximum Gasteiger partial charge on any atom is 0.345 e. The molecule has 0 bridgehead atoms. The lowest BCUT2D eigenvalue weighted by atomic mass is 10.2. The molecule has 1 aromatic heterocycles. The van der Waals surface area contributed by atoms with Crippen LogP contribution in [0, 0.1) is 10.1 Å². The maximum atomic E-state index is 11.7. The van der Waals surface area contributed by atoms with Gasteiger partial charge in [0, 0.05) is 26.3 Å². The number of nitrogens with zero attached hydrogens (tertiary/aromatic N) is 3. The van der Waals surface area contributed by atoms with Gasteiger partial charge in [0.1, 0.15) is 11.4 Å². The lowest BCUT2D eigenvalue weighted by molar-refractivity contribution is -0.384. The topological polar surface area (TPSA) is 121 Å². The average molecular weight is 298 g/mol. The number of aromatic nitrogens is 1. The molecule has 9 heteroatoms. The lowest BCUT2D eigenvalue weighted by Gasteiger charge is -2.22. The summed E-state index contributed by atoms with van der Waals surface area (Å²) in [5.41, 5.74) is 4.85. The van der Waals surface area contributed by atoms with Gasteiger partial charge in [0.25, 0.3) is 0 Å². The third kappa shape index (κ3) is 3.78. The minimum absolute atomic E-state index is 0.221. The Kier molecular flexibility index (Phi) is 5.85. The molecule has 1 heterocycles. The van der Waals surface area contributed by atoms with Crippen molar-refractivity contribution in [2.75, 3.05) is 44.5 Å². The van der Waals surface area contributed by atoms with Crippen molar-refractivity contribution in [1.82, 2.24) is 4.98 Å². The molecule has 0 spiro atoms. The van der Waals surface area contributed by atoms with Crippen LogP contribution in [-0.4, -0.2) is 49.8 Å². The zero-order chi connectivity index (χ0) is 16.0. The van der Waals surface area contributed by atoms with E-state index in [0.717, 1.165) is 7.11 Å². The van der Waals surface area contributed by atoms with Crippen molar-refractivity contribution in [2.24, 2.45) is 0 Å². The molecule has 0 aliphatic rings. The third-order valence-electron chi connectivity index (χ3n) is 2.87. The highest BCUT2D eigenvalue weighted by Gasteiger charge is 2.27. The SMILES string of the molecule is CCN(CCOC)c1cc(C(=O)OC)c([N+](=O)[O-])c(N)n1. The fourth-order valence-corrected chi connectivity index (χ4v) is 1.80. The van der Waals surface area contributed by atoms with Crippen molar-refractivity contribution in [3.05, 3.63) is 21.7 Å². The number of nitro groups is 1. The Bertz CT molecular complexity index is 535. The van der Waals surface area contributed by atoms with E-state index in [-0.39, 0.29) is 11.4 Å². The summed E-state index contributed by atoms with van der Waals surface area (Å²) < 4.78 is 9.55. The zero-order valence-electron chi connectivity index (χ0n) is 12.2. The van der Waals surface area contributed by atoms with Crippen LogP contribution in [0.1, 0.15) is 17.3 Å². The minimum atomic E-state index is -0.833. The lowest BCUT2D eigenvalue weighted by Crippen LogP contribution is -2.28. The molecule has 116 valence electrons. The predicted octanol–water partition coefficient (Wildman–Crippen LogP) is 0.831. The van der Waals surface area contributed by atoms with Gasteiger partial charge in [-0.3, -0.25) is 10.1 Å². The molecule has 0 amide bonds. The van der Waals surface area contributed by atoms with Gasteiger partial charge in [0.15, 0.2) is 0 Å². The van der Waals surface area contributed by atoms with Gasteiger partial charge in [-0.05, 0) is 6.92 Å². The van der Waals surface area contributed by atoms with E-state index in [9.17, 15) is 14.9 Å². The smallest absolute Gasteiger partial charge is 0.345 e. The Hall–Kier alpha value is -2.42. The number of methoxy groups -OCH3 is 2. The standard InChI is InChI=1S/C12H18N4O5/c1-4-15(5-6-20-2)9-7-8(12(17)21-3)10(16(18)19)11(13)14-9/h7H,4-6H2,1-3H3,(H2,13,14). The van der Waals surface area contributed by atoms with Gasteiger partial charge in [0.2, 0.25) is 5.82 Å². The number of likely N-dealkylation sites (N-methyl/N-ethyl adjacent to an activating group) is 1. The number of pyridine rings is 1. The van der Waals surface area contributed by atoms with Crippen LogP contribution in [0.2, 0.25) is 0 Å². The quantitative estimate of drug-likeness (QED) is 0.446. The molecule has 21 heavy (non-hydrogen) atoms. The summed E-state index contributed by atoms with van der Waals surface area (Å²) in [7, 11) is 2.70.